The summed E-state index contributed by atoms with van der Waals surface area (Å²) in [6.45, 7) is 5.38. The van der Waals surface area contributed by atoms with Crippen LogP contribution in [-0.4, -0.2) is 29.8 Å². The minimum atomic E-state index is 0.734. The zero-order valence-electron chi connectivity index (χ0n) is 10.8. The Balaban J connectivity index is 1.98. The summed E-state index contributed by atoms with van der Waals surface area (Å²) >= 11 is 1.78. The Kier molecular flexibility index (Phi) is 4.92. The van der Waals surface area contributed by atoms with E-state index in [-0.39, 0.29) is 0 Å². The second-order valence-corrected chi connectivity index (χ2v) is 5.16. The lowest BCUT2D eigenvalue weighted by Crippen LogP contribution is -2.20. The Morgan fingerprint density at radius 3 is 3.11 bits per heavy atom. The van der Waals surface area contributed by atoms with Crippen LogP contribution in [0.4, 0.5) is 0 Å². The molecule has 0 atom stereocenters. The predicted molar refractivity (Wildman–Crippen MR) is 74.0 cm³/mol. The van der Waals surface area contributed by atoms with Crippen molar-refractivity contribution >= 4 is 11.3 Å². The molecule has 2 heterocycles. The van der Waals surface area contributed by atoms with E-state index in [0.29, 0.717) is 0 Å². The lowest BCUT2D eigenvalue weighted by atomic mass is 10.4. The number of ether oxygens (including phenoxy) is 1. The van der Waals surface area contributed by atoms with Gasteiger partial charge in [-0.3, -0.25) is 0 Å². The van der Waals surface area contributed by atoms with E-state index in [4.69, 9.17) is 4.74 Å². The van der Waals surface area contributed by atoms with Gasteiger partial charge in [-0.1, -0.05) is 6.07 Å². The lowest BCUT2D eigenvalue weighted by molar-refractivity contribution is 0.199. The minimum Gasteiger partial charge on any atom is -0.383 e. The van der Waals surface area contributed by atoms with Gasteiger partial charge in [-0.05, 0) is 18.4 Å². The molecule has 4 nitrogen and oxygen atoms in total. The minimum absolute atomic E-state index is 0.734. The Morgan fingerprint density at radius 2 is 2.39 bits per heavy atom. The maximum atomic E-state index is 5.02. The van der Waals surface area contributed by atoms with Gasteiger partial charge in [-0.2, -0.15) is 0 Å². The third-order valence-electron chi connectivity index (χ3n) is 2.82. The van der Waals surface area contributed by atoms with Gasteiger partial charge in [0.15, 0.2) is 0 Å². The molecule has 2 rings (SSSR count). The standard InChI is InChI=1S/C13H19N3OS/c1-11-15-9-12(8-14-5-6-17-2)16(11)10-13-4-3-7-18-13/h3-4,7,9,14H,5-6,8,10H2,1-2H3. The molecule has 1 N–H and O–H groups in total. The van der Waals surface area contributed by atoms with Crippen molar-refractivity contribution < 1.29 is 4.74 Å². The van der Waals surface area contributed by atoms with Crippen molar-refractivity contribution in [3.63, 3.8) is 0 Å². The SMILES string of the molecule is COCCNCc1cnc(C)n1Cc1cccs1. The smallest absolute Gasteiger partial charge is 0.106 e. The molecule has 0 aliphatic rings. The van der Waals surface area contributed by atoms with Crippen LogP contribution in [0.2, 0.25) is 0 Å². The van der Waals surface area contributed by atoms with Crippen molar-refractivity contribution in [2.45, 2.75) is 20.0 Å². The molecule has 0 unspecified atom stereocenters. The molecule has 2 aromatic heterocycles. The fourth-order valence-corrected chi connectivity index (χ4v) is 2.51. The highest BCUT2D eigenvalue weighted by Crippen LogP contribution is 2.14. The first kappa shape index (κ1) is 13.3. The molecule has 0 spiro atoms. The molecule has 0 radical (unpaired) electrons. The molecule has 0 saturated carbocycles. The van der Waals surface area contributed by atoms with Crippen LogP contribution in [0.5, 0.6) is 0 Å². The van der Waals surface area contributed by atoms with Gasteiger partial charge in [0.1, 0.15) is 5.82 Å². The molecule has 0 fully saturated rings. The monoisotopic (exact) mass is 265 g/mol. The molecule has 5 heteroatoms. The van der Waals surface area contributed by atoms with Crippen molar-refractivity contribution in [1.82, 2.24) is 14.9 Å². The van der Waals surface area contributed by atoms with E-state index in [1.165, 1.54) is 10.6 Å². The number of thiophene rings is 1. The van der Waals surface area contributed by atoms with Gasteiger partial charge in [0, 0.05) is 31.3 Å². The third-order valence-corrected chi connectivity index (χ3v) is 3.68. The number of aryl methyl sites for hydroxylation is 1. The van der Waals surface area contributed by atoms with Gasteiger partial charge in [-0.15, -0.1) is 11.3 Å². The van der Waals surface area contributed by atoms with Crippen LogP contribution >= 0.6 is 11.3 Å². The zero-order chi connectivity index (χ0) is 12.8. The fraction of sp³-hybridized carbons (Fsp3) is 0.462. The number of nitrogens with zero attached hydrogens (tertiary/aromatic N) is 2. The maximum Gasteiger partial charge on any atom is 0.106 e. The molecule has 98 valence electrons. The molecule has 0 aliphatic heterocycles. The number of hydrogen-bond acceptors (Lipinski definition) is 4. The average molecular weight is 265 g/mol. The van der Waals surface area contributed by atoms with E-state index in [1.54, 1.807) is 18.4 Å². The highest BCUT2D eigenvalue weighted by molar-refractivity contribution is 7.09. The summed E-state index contributed by atoms with van der Waals surface area (Å²) in [4.78, 5) is 5.75. The summed E-state index contributed by atoms with van der Waals surface area (Å²) in [5, 5.41) is 5.46. The van der Waals surface area contributed by atoms with Gasteiger partial charge in [0.25, 0.3) is 0 Å². The van der Waals surface area contributed by atoms with Crippen LogP contribution in [0.1, 0.15) is 16.4 Å². The van der Waals surface area contributed by atoms with Crippen LogP contribution in [0.25, 0.3) is 0 Å². The van der Waals surface area contributed by atoms with E-state index < -0.39 is 0 Å². The van der Waals surface area contributed by atoms with Gasteiger partial charge in [-0.25, -0.2) is 4.98 Å². The van der Waals surface area contributed by atoms with Gasteiger partial charge >= 0.3 is 0 Å². The van der Waals surface area contributed by atoms with E-state index >= 15 is 0 Å². The van der Waals surface area contributed by atoms with Crippen LogP contribution in [0.15, 0.2) is 23.7 Å². The molecule has 0 amide bonds. The predicted octanol–water partition coefficient (Wildman–Crippen LogP) is 2.04. The summed E-state index contributed by atoms with van der Waals surface area (Å²) in [6, 6.07) is 4.25. The molecular formula is C13H19N3OS. The number of hydrogen-bond donors (Lipinski definition) is 1. The summed E-state index contributed by atoms with van der Waals surface area (Å²) in [6.07, 6.45) is 1.95. The molecule has 2 aromatic rings. The molecule has 0 saturated heterocycles. The summed E-state index contributed by atoms with van der Waals surface area (Å²) < 4.78 is 7.27. The van der Waals surface area contributed by atoms with Gasteiger partial charge in [0.05, 0.1) is 18.8 Å². The lowest BCUT2D eigenvalue weighted by Gasteiger charge is -2.10. The summed E-state index contributed by atoms with van der Waals surface area (Å²) in [5.74, 6) is 1.06. The molecule has 0 bridgehead atoms. The van der Waals surface area contributed by atoms with Crippen LogP contribution in [0, 0.1) is 6.92 Å². The number of methoxy groups -OCH3 is 1. The zero-order valence-corrected chi connectivity index (χ0v) is 11.7. The Bertz CT molecular complexity index is 465. The fourth-order valence-electron chi connectivity index (χ4n) is 1.82. The second-order valence-electron chi connectivity index (χ2n) is 4.13. The highest BCUT2D eigenvalue weighted by Gasteiger charge is 2.07. The van der Waals surface area contributed by atoms with Crippen molar-refractivity contribution in [2.75, 3.05) is 20.3 Å². The van der Waals surface area contributed by atoms with Crippen LogP contribution in [-0.2, 0) is 17.8 Å². The molecular weight excluding hydrogens is 246 g/mol. The number of imidazole rings is 1. The number of nitrogens with one attached hydrogen (secondary N) is 1. The van der Waals surface area contributed by atoms with E-state index in [2.05, 4.69) is 32.4 Å². The first-order valence-electron chi connectivity index (χ1n) is 6.04. The van der Waals surface area contributed by atoms with Crippen LogP contribution < -0.4 is 5.32 Å². The van der Waals surface area contributed by atoms with E-state index in [0.717, 1.165) is 32.1 Å². The van der Waals surface area contributed by atoms with E-state index in [1.807, 2.05) is 13.1 Å². The summed E-state index contributed by atoms with van der Waals surface area (Å²) in [7, 11) is 1.72. The van der Waals surface area contributed by atoms with Crippen molar-refractivity contribution in [2.24, 2.45) is 0 Å². The normalized spacial score (nSPS) is 11.0. The Morgan fingerprint density at radius 1 is 1.50 bits per heavy atom. The molecule has 0 aromatic carbocycles. The second kappa shape index (κ2) is 6.68. The van der Waals surface area contributed by atoms with Gasteiger partial charge < -0.3 is 14.6 Å². The van der Waals surface area contributed by atoms with Crippen molar-refractivity contribution in [3.05, 3.63) is 40.1 Å². The number of rotatable bonds is 7. The quantitative estimate of drug-likeness (QED) is 0.779. The summed E-state index contributed by atoms with van der Waals surface area (Å²) in [5.41, 5.74) is 1.22. The third kappa shape index (κ3) is 3.41. The Labute approximate surface area is 112 Å². The van der Waals surface area contributed by atoms with Crippen molar-refractivity contribution in [1.29, 1.82) is 0 Å². The Hall–Kier alpha value is -1.17. The first-order chi connectivity index (χ1) is 8.81. The van der Waals surface area contributed by atoms with E-state index in [9.17, 15) is 0 Å². The average Bonchev–Trinajstić information content (AvgIpc) is 2.99. The number of aromatic nitrogens is 2. The van der Waals surface area contributed by atoms with Crippen molar-refractivity contribution in [3.8, 4) is 0 Å². The largest absolute Gasteiger partial charge is 0.383 e. The molecule has 18 heavy (non-hydrogen) atoms. The van der Waals surface area contributed by atoms with Crippen LogP contribution in [0.3, 0.4) is 0 Å². The first-order valence-corrected chi connectivity index (χ1v) is 6.92. The molecule has 0 aliphatic carbocycles. The topological polar surface area (TPSA) is 39.1 Å². The van der Waals surface area contributed by atoms with Gasteiger partial charge in [0.2, 0.25) is 0 Å². The highest BCUT2D eigenvalue weighted by atomic mass is 32.1. The maximum absolute atomic E-state index is 5.02.